The third-order valence-electron chi connectivity index (χ3n) is 3.22. The predicted octanol–water partition coefficient (Wildman–Crippen LogP) is 0.684. The van der Waals surface area contributed by atoms with E-state index in [1.165, 1.54) is 20.0 Å². The van der Waals surface area contributed by atoms with Crippen LogP contribution in [0.3, 0.4) is 0 Å². The van der Waals surface area contributed by atoms with Crippen molar-refractivity contribution in [2.45, 2.75) is 12.8 Å². The molecule has 2 rings (SSSR count). The number of carbonyl (C=O) groups is 1. The van der Waals surface area contributed by atoms with Crippen LogP contribution in [-0.4, -0.2) is 44.3 Å². The second-order valence-electron chi connectivity index (χ2n) is 4.34. The number of carbonyl (C=O) groups excluding carboxylic acids is 1. The van der Waals surface area contributed by atoms with Crippen LogP contribution in [0.5, 0.6) is 0 Å². The Morgan fingerprint density at radius 3 is 2.86 bits per heavy atom. The summed E-state index contributed by atoms with van der Waals surface area (Å²) in [4.78, 5) is 12.8. The van der Waals surface area contributed by atoms with Crippen LogP contribution in [-0.2, 0) is 4.74 Å². The second-order valence-corrected chi connectivity index (χ2v) is 4.34. The lowest BCUT2D eigenvalue weighted by Gasteiger charge is -2.39. The van der Waals surface area contributed by atoms with Gasteiger partial charge in [0.25, 0.3) is 0 Å². The van der Waals surface area contributed by atoms with Gasteiger partial charge in [0.15, 0.2) is 0 Å². The van der Waals surface area contributed by atoms with Crippen LogP contribution in [0.1, 0.15) is 12.8 Å². The average molecular weight is 198 g/mol. The average Bonchev–Trinajstić information content (AvgIpc) is 2.61. The summed E-state index contributed by atoms with van der Waals surface area (Å²) in [5, 5.41) is 3.37. The maximum absolute atomic E-state index is 11.1. The van der Waals surface area contributed by atoms with E-state index in [-0.39, 0.29) is 6.09 Å². The fourth-order valence-electron chi connectivity index (χ4n) is 2.38. The molecule has 14 heavy (non-hydrogen) atoms. The van der Waals surface area contributed by atoms with E-state index in [2.05, 4.69) is 10.1 Å². The van der Waals surface area contributed by atoms with E-state index in [1.807, 2.05) is 0 Å². The molecule has 2 fully saturated rings. The van der Waals surface area contributed by atoms with Gasteiger partial charge in [0.2, 0.25) is 0 Å². The van der Waals surface area contributed by atoms with Crippen LogP contribution in [0, 0.1) is 11.8 Å². The Hall–Kier alpha value is -0.770. The van der Waals surface area contributed by atoms with Crippen LogP contribution >= 0.6 is 0 Å². The van der Waals surface area contributed by atoms with Crippen LogP contribution in [0.4, 0.5) is 4.79 Å². The predicted molar refractivity (Wildman–Crippen MR) is 53.1 cm³/mol. The maximum atomic E-state index is 11.1. The first kappa shape index (κ1) is 9.77. The molecule has 1 unspecified atom stereocenters. The number of likely N-dealkylation sites (tertiary alicyclic amines) is 1. The molecule has 2 saturated heterocycles. The molecular formula is C10H18N2O2. The molecule has 2 heterocycles. The number of amides is 1. The third kappa shape index (κ3) is 2.00. The molecule has 2 aliphatic heterocycles. The summed E-state index contributed by atoms with van der Waals surface area (Å²) in [6, 6.07) is 0. The number of hydrogen-bond acceptors (Lipinski definition) is 3. The Bertz CT molecular complexity index is 208. The first-order chi connectivity index (χ1) is 6.79. The SMILES string of the molecule is COC(=O)N1CC(CC2CCNC2)C1. The summed E-state index contributed by atoms with van der Waals surface area (Å²) >= 11 is 0. The molecule has 0 saturated carbocycles. The minimum absolute atomic E-state index is 0.175. The van der Waals surface area contributed by atoms with Crippen LogP contribution in [0.25, 0.3) is 0 Å². The largest absolute Gasteiger partial charge is 0.453 e. The zero-order valence-corrected chi connectivity index (χ0v) is 8.66. The van der Waals surface area contributed by atoms with Gasteiger partial charge >= 0.3 is 6.09 Å². The molecule has 4 nitrogen and oxygen atoms in total. The molecule has 1 N–H and O–H groups in total. The number of rotatable bonds is 2. The van der Waals surface area contributed by atoms with Gasteiger partial charge in [0, 0.05) is 13.1 Å². The van der Waals surface area contributed by atoms with E-state index in [1.54, 1.807) is 4.90 Å². The number of hydrogen-bond donors (Lipinski definition) is 1. The summed E-state index contributed by atoms with van der Waals surface area (Å²) in [5.41, 5.74) is 0. The Morgan fingerprint density at radius 1 is 1.50 bits per heavy atom. The van der Waals surface area contributed by atoms with E-state index < -0.39 is 0 Å². The van der Waals surface area contributed by atoms with Crippen LogP contribution in [0.2, 0.25) is 0 Å². The van der Waals surface area contributed by atoms with E-state index in [9.17, 15) is 4.79 Å². The Morgan fingerprint density at radius 2 is 2.29 bits per heavy atom. The molecule has 0 aliphatic carbocycles. The summed E-state index contributed by atoms with van der Waals surface area (Å²) in [6.45, 7) is 4.11. The Balaban J connectivity index is 1.65. The highest BCUT2D eigenvalue weighted by atomic mass is 16.5. The molecular weight excluding hydrogens is 180 g/mol. The van der Waals surface area contributed by atoms with Crippen molar-refractivity contribution in [3.63, 3.8) is 0 Å². The fourth-order valence-corrected chi connectivity index (χ4v) is 2.38. The van der Waals surface area contributed by atoms with Gasteiger partial charge in [0.1, 0.15) is 0 Å². The highest BCUT2D eigenvalue weighted by Gasteiger charge is 2.33. The monoisotopic (exact) mass is 198 g/mol. The van der Waals surface area contributed by atoms with Crippen molar-refractivity contribution < 1.29 is 9.53 Å². The molecule has 0 aromatic carbocycles. The van der Waals surface area contributed by atoms with Gasteiger partial charge in [-0.25, -0.2) is 4.79 Å². The van der Waals surface area contributed by atoms with Gasteiger partial charge in [-0.15, -0.1) is 0 Å². The quantitative estimate of drug-likeness (QED) is 0.709. The van der Waals surface area contributed by atoms with E-state index in [4.69, 9.17) is 0 Å². The first-order valence-corrected chi connectivity index (χ1v) is 5.33. The van der Waals surface area contributed by atoms with Crippen LogP contribution < -0.4 is 5.32 Å². The van der Waals surface area contributed by atoms with E-state index in [0.717, 1.165) is 32.1 Å². The van der Waals surface area contributed by atoms with Crippen molar-refractivity contribution in [2.75, 3.05) is 33.3 Å². The first-order valence-electron chi connectivity index (χ1n) is 5.33. The van der Waals surface area contributed by atoms with Gasteiger partial charge < -0.3 is 15.0 Å². The van der Waals surface area contributed by atoms with Crippen molar-refractivity contribution in [2.24, 2.45) is 11.8 Å². The summed E-state index contributed by atoms with van der Waals surface area (Å²) < 4.78 is 4.65. The zero-order valence-electron chi connectivity index (χ0n) is 8.66. The minimum atomic E-state index is -0.175. The molecule has 1 atom stereocenters. The molecule has 0 aromatic heterocycles. The molecule has 0 bridgehead atoms. The lowest BCUT2D eigenvalue weighted by molar-refractivity contribution is 0.0595. The van der Waals surface area contributed by atoms with E-state index in [0.29, 0.717) is 5.92 Å². The number of nitrogens with zero attached hydrogens (tertiary/aromatic N) is 1. The summed E-state index contributed by atoms with van der Waals surface area (Å²) in [6.07, 6.45) is 2.39. The maximum Gasteiger partial charge on any atom is 0.409 e. The van der Waals surface area contributed by atoms with Gasteiger partial charge in [-0.1, -0.05) is 0 Å². The van der Waals surface area contributed by atoms with Gasteiger partial charge in [-0.3, -0.25) is 0 Å². The summed E-state index contributed by atoms with van der Waals surface area (Å²) in [7, 11) is 1.44. The molecule has 2 aliphatic rings. The summed E-state index contributed by atoms with van der Waals surface area (Å²) in [5.74, 6) is 1.54. The Kier molecular flexibility index (Phi) is 2.91. The molecule has 4 heteroatoms. The van der Waals surface area contributed by atoms with Crippen molar-refractivity contribution in [1.82, 2.24) is 10.2 Å². The van der Waals surface area contributed by atoms with Gasteiger partial charge in [-0.2, -0.15) is 0 Å². The van der Waals surface area contributed by atoms with Crippen LogP contribution in [0.15, 0.2) is 0 Å². The fraction of sp³-hybridized carbons (Fsp3) is 0.900. The Labute approximate surface area is 84.6 Å². The molecule has 0 aromatic rings. The van der Waals surface area contributed by atoms with E-state index >= 15 is 0 Å². The minimum Gasteiger partial charge on any atom is -0.453 e. The normalized spacial score (nSPS) is 27.5. The number of ether oxygens (including phenoxy) is 1. The van der Waals surface area contributed by atoms with Crippen molar-refractivity contribution >= 4 is 6.09 Å². The molecule has 0 radical (unpaired) electrons. The van der Waals surface area contributed by atoms with Crippen molar-refractivity contribution in [3.05, 3.63) is 0 Å². The van der Waals surface area contributed by atoms with Gasteiger partial charge in [-0.05, 0) is 37.8 Å². The number of methoxy groups -OCH3 is 1. The number of nitrogens with one attached hydrogen (secondary N) is 1. The topological polar surface area (TPSA) is 41.6 Å². The van der Waals surface area contributed by atoms with Gasteiger partial charge in [0.05, 0.1) is 7.11 Å². The van der Waals surface area contributed by atoms with Crippen molar-refractivity contribution in [3.8, 4) is 0 Å². The standard InChI is InChI=1S/C10H18N2O2/c1-14-10(13)12-6-9(7-12)4-8-2-3-11-5-8/h8-9,11H,2-7H2,1H3. The molecule has 80 valence electrons. The molecule has 1 amide bonds. The van der Waals surface area contributed by atoms with Crippen molar-refractivity contribution in [1.29, 1.82) is 0 Å². The highest BCUT2D eigenvalue weighted by Crippen LogP contribution is 2.26. The lowest BCUT2D eigenvalue weighted by atomic mass is 9.88. The molecule has 0 spiro atoms. The zero-order chi connectivity index (χ0) is 9.97. The second kappa shape index (κ2) is 4.17. The highest BCUT2D eigenvalue weighted by molar-refractivity contribution is 5.68. The third-order valence-corrected chi connectivity index (χ3v) is 3.22. The lowest BCUT2D eigenvalue weighted by Crippen LogP contribution is -2.50. The smallest absolute Gasteiger partial charge is 0.409 e.